The minimum atomic E-state index is 1.09. The van der Waals surface area contributed by atoms with E-state index in [9.17, 15) is 0 Å². The van der Waals surface area contributed by atoms with Crippen LogP contribution in [0.5, 0.6) is 0 Å². The lowest BCUT2D eigenvalue weighted by atomic mass is 9.94. The van der Waals surface area contributed by atoms with Gasteiger partial charge in [0.15, 0.2) is 0 Å². The highest BCUT2D eigenvalue weighted by atomic mass is 32.2. The number of unbranched alkanes of at least 4 members (excludes halogenated alkanes) is 4. The van der Waals surface area contributed by atoms with Gasteiger partial charge in [0.1, 0.15) is 0 Å². The van der Waals surface area contributed by atoms with Crippen molar-refractivity contribution in [3.05, 3.63) is 101 Å². The largest absolute Gasteiger partial charge is 0.351 e. The van der Waals surface area contributed by atoms with Gasteiger partial charge in [-0.2, -0.15) is 0 Å². The SMILES string of the molecule is C\C=C/C(=C\C=C\N(C)C1=C(c2ccccc2)CCC=C1)C(=C\CCCCCC)/SCCC. The van der Waals surface area contributed by atoms with Crippen molar-refractivity contribution in [3.63, 3.8) is 0 Å². The summed E-state index contributed by atoms with van der Waals surface area (Å²) in [6, 6.07) is 10.8. The lowest BCUT2D eigenvalue weighted by Gasteiger charge is -2.23. The zero-order valence-electron chi connectivity index (χ0n) is 21.2. The first-order chi connectivity index (χ1) is 16.2. The van der Waals surface area contributed by atoms with Crippen LogP contribution in [0.1, 0.15) is 77.7 Å². The van der Waals surface area contributed by atoms with Gasteiger partial charge in [0.25, 0.3) is 0 Å². The molecule has 0 heterocycles. The van der Waals surface area contributed by atoms with Gasteiger partial charge in [-0.05, 0) is 73.6 Å². The minimum Gasteiger partial charge on any atom is -0.351 e. The van der Waals surface area contributed by atoms with Crippen molar-refractivity contribution in [2.75, 3.05) is 12.8 Å². The van der Waals surface area contributed by atoms with Crippen molar-refractivity contribution < 1.29 is 0 Å². The molecule has 1 aliphatic carbocycles. The quantitative estimate of drug-likeness (QED) is 0.200. The third kappa shape index (κ3) is 9.68. The van der Waals surface area contributed by atoms with Gasteiger partial charge >= 0.3 is 0 Å². The lowest BCUT2D eigenvalue weighted by Crippen LogP contribution is -2.12. The molecule has 0 atom stereocenters. The van der Waals surface area contributed by atoms with Crippen molar-refractivity contribution in [1.29, 1.82) is 0 Å². The molecule has 1 aromatic rings. The molecule has 0 spiro atoms. The first kappa shape index (κ1) is 27.1. The molecule has 0 aromatic heterocycles. The van der Waals surface area contributed by atoms with Crippen molar-refractivity contribution in [2.24, 2.45) is 0 Å². The summed E-state index contributed by atoms with van der Waals surface area (Å²) in [6.07, 6.45) is 27.9. The minimum absolute atomic E-state index is 1.09. The summed E-state index contributed by atoms with van der Waals surface area (Å²) >= 11 is 1.99. The number of thioether (sulfide) groups is 1. The van der Waals surface area contributed by atoms with Gasteiger partial charge < -0.3 is 4.90 Å². The molecule has 0 saturated heterocycles. The maximum Gasteiger partial charge on any atom is 0.0438 e. The average Bonchev–Trinajstić information content (AvgIpc) is 2.85. The number of nitrogens with zero attached hydrogens (tertiary/aromatic N) is 1. The van der Waals surface area contributed by atoms with Crippen LogP contribution >= 0.6 is 11.8 Å². The summed E-state index contributed by atoms with van der Waals surface area (Å²) in [5, 5.41) is 0. The standard InChI is InChI=1S/C31H43NS/c1-5-8-9-10-14-24-31(33-26-7-3)28(18-6-2)21-17-25-32(4)30-23-16-15-22-29(30)27-19-12-11-13-20-27/h6,11-13,16-21,23-25H,5,7-10,14-15,22,26H2,1-4H3/b18-6-,25-17+,28-21+,31-24+. The second kappa shape index (κ2) is 16.4. The Morgan fingerprint density at radius 1 is 1.06 bits per heavy atom. The summed E-state index contributed by atoms with van der Waals surface area (Å²) in [5.41, 5.74) is 5.35. The molecule has 1 nitrogen and oxygen atoms in total. The molecule has 0 N–H and O–H groups in total. The molecule has 0 aliphatic heterocycles. The van der Waals surface area contributed by atoms with Gasteiger partial charge in [-0.25, -0.2) is 0 Å². The fourth-order valence-corrected chi connectivity index (χ4v) is 4.91. The number of benzene rings is 1. The Hall–Kier alpha value is -2.19. The molecule has 1 aliphatic rings. The Kier molecular flexibility index (Phi) is 13.5. The molecule has 0 unspecified atom stereocenters. The number of allylic oxidation sites excluding steroid dienone is 9. The highest BCUT2D eigenvalue weighted by molar-refractivity contribution is 8.03. The molecular weight excluding hydrogens is 418 g/mol. The Balaban J connectivity index is 2.21. The zero-order chi connectivity index (χ0) is 23.7. The monoisotopic (exact) mass is 461 g/mol. The topological polar surface area (TPSA) is 3.24 Å². The van der Waals surface area contributed by atoms with Crippen LogP contribution in [0.15, 0.2) is 95.2 Å². The van der Waals surface area contributed by atoms with Crippen molar-refractivity contribution in [3.8, 4) is 0 Å². The van der Waals surface area contributed by atoms with Gasteiger partial charge in [0, 0.05) is 23.8 Å². The van der Waals surface area contributed by atoms with E-state index in [1.807, 2.05) is 11.8 Å². The molecule has 0 amide bonds. The maximum absolute atomic E-state index is 2.46. The van der Waals surface area contributed by atoms with Gasteiger partial charge in [0.2, 0.25) is 0 Å². The fourth-order valence-electron chi connectivity index (χ4n) is 3.95. The number of rotatable bonds is 14. The Morgan fingerprint density at radius 3 is 2.61 bits per heavy atom. The first-order valence-electron chi connectivity index (χ1n) is 12.7. The Bertz CT molecular complexity index is 867. The van der Waals surface area contributed by atoms with E-state index in [0.717, 1.165) is 18.6 Å². The molecule has 33 heavy (non-hydrogen) atoms. The molecule has 1 aromatic carbocycles. The van der Waals surface area contributed by atoms with Crippen LogP contribution in [0.4, 0.5) is 0 Å². The van der Waals surface area contributed by atoms with E-state index in [0.29, 0.717) is 0 Å². The normalized spacial score (nSPS) is 15.3. The highest BCUT2D eigenvalue weighted by Crippen LogP contribution is 2.30. The van der Waals surface area contributed by atoms with Crippen LogP contribution in [0, 0.1) is 0 Å². The molecule has 2 rings (SSSR count). The van der Waals surface area contributed by atoms with Crippen LogP contribution < -0.4 is 0 Å². The number of likely N-dealkylation sites (N-methyl/N-ethyl adjacent to an activating group) is 1. The van der Waals surface area contributed by atoms with E-state index in [2.05, 4.69) is 112 Å². The van der Waals surface area contributed by atoms with E-state index in [1.54, 1.807) is 0 Å². The van der Waals surface area contributed by atoms with Crippen LogP contribution in [-0.4, -0.2) is 17.7 Å². The van der Waals surface area contributed by atoms with Crippen molar-refractivity contribution in [1.82, 2.24) is 4.90 Å². The number of hydrogen-bond acceptors (Lipinski definition) is 2. The molecule has 0 bridgehead atoms. The van der Waals surface area contributed by atoms with Crippen LogP contribution in [0.2, 0.25) is 0 Å². The van der Waals surface area contributed by atoms with Gasteiger partial charge in [-0.15, -0.1) is 11.8 Å². The van der Waals surface area contributed by atoms with Gasteiger partial charge in [-0.1, -0.05) is 93.8 Å². The molecular formula is C31H43NS. The van der Waals surface area contributed by atoms with E-state index in [-0.39, 0.29) is 0 Å². The molecule has 2 heteroatoms. The van der Waals surface area contributed by atoms with Gasteiger partial charge in [-0.3, -0.25) is 0 Å². The average molecular weight is 462 g/mol. The van der Waals surface area contributed by atoms with E-state index in [1.165, 1.54) is 65.8 Å². The smallest absolute Gasteiger partial charge is 0.0438 e. The zero-order valence-corrected chi connectivity index (χ0v) is 22.0. The lowest BCUT2D eigenvalue weighted by molar-refractivity contribution is 0.585. The van der Waals surface area contributed by atoms with E-state index >= 15 is 0 Å². The van der Waals surface area contributed by atoms with Gasteiger partial charge in [0.05, 0.1) is 0 Å². The summed E-state index contributed by atoms with van der Waals surface area (Å²) < 4.78 is 0. The van der Waals surface area contributed by atoms with Crippen molar-refractivity contribution >= 4 is 17.3 Å². The second-order valence-corrected chi connectivity index (χ2v) is 9.65. The summed E-state index contributed by atoms with van der Waals surface area (Å²) in [6.45, 7) is 6.64. The van der Waals surface area contributed by atoms with Crippen LogP contribution in [-0.2, 0) is 0 Å². The maximum atomic E-state index is 2.46. The third-order valence-electron chi connectivity index (χ3n) is 5.71. The second-order valence-electron chi connectivity index (χ2n) is 8.51. The molecule has 0 saturated carbocycles. The Labute approximate surface area is 207 Å². The fraction of sp³-hybridized carbons (Fsp3) is 0.419. The third-order valence-corrected chi connectivity index (χ3v) is 7.04. The first-order valence-corrected chi connectivity index (χ1v) is 13.7. The highest BCUT2D eigenvalue weighted by Gasteiger charge is 2.12. The summed E-state index contributed by atoms with van der Waals surface area (Å²) in [4.78, 5) is 3.68. The molecule has 0 fully saturated rings. The predicted molar refractivity (Wildman–Crippen MR) is 151 cm³/mol. The summed E-state index contributed by atoms with van der Waals surface area (Å²) in [5.74, 6) is 1.16. The Morgan fingerprint density at radius 2 is 1.88 bits per heavy atom. The summed E-state index contributed by atoms with van der Waals surface area (Å²) in [7, 11) is 2.16. The van der Waals surface area contributed by atoms with Crippen LogP contribution in [0.3, 0.4) is 0 Å². The molecule has 0 radical (unpaired) electrons. The molecule has 178 valence electrons. The van der Waals surface area contributed by atoms with E-state index in [4.69, 9.17) is 0 Å². The number of hydrogen-bond donors (Lipinski definition) is 0. The van der Waals surface area contributed by atoms with Crippen LogP contribution in [0.25, 0.3) is 5.57 Å². The predicted octanol–water partition coefficient (Wildman–Crippen LogP) is 9.69. The van der Waals surface area contributed by atoms with Crippen molar-refractivity contribution in [2.45, 2.75) is 72.1 Å². The van der Waals surface area contributed by atoms with E-state index < -0.39 is 0 Å².